The highest BCUT2D eigenvalue weighted by atomic mass is 35.5. The van der Waals surface area contributed by atoms with Crippen molar-refractivity contribution in [3.8, 4) is 0 Å². The van der Waals surface area contributed by atoms with Crippen LogP contribution in [0, 0.1) is 6.92 Å². The maximum Gasteiger partial charge on any atom is 0.0492 e. The zero-order valence-corrected chi connectivity index (χ0v) is 7.65. The lowest BCUT2D eigenvalue weighted by Crippen LogP contribution is -1.92. The Morgan fingerprint density at radius 3 is 2.73 bits per heavy atom. The van der Waals surface area contributed by atoms with Crippen LogP contribution in [-0.4, -0.2) is 4.98 Å². The van der Waals surface area contributed by atoms with Crippen molar-refractivity contribution in [1.82, 2.24) is 4.98 Å². The first-order chi connectivity index (χ1) is 5.27. The molecule has 0 spiro atoms. The molecule has 1 aromatic rings. The summed E-state index contributed by atoms with van der Waals surface area (Å²) in [6.07, 6.45) is 2.90. The van der Waals surface area contributed by atoms with Crippen molar-refractivity contribution in [2.24, 2.45) is 0 Å². The molecule has 0 amide bonds. The van der Waals surface area contributed by atoms with Gasteiger partial charge in [-0.3, -0.25) is 4.98 Å². The molecule has 0 fully saturated rings. The van der Waals surface area contributed by atoms with Gasteiger partial charge in [0.1, 0.15) is 0 Å². The molecule has 0 atom stereocenters. The van der Waals surface area contributed by atoms with Crippen molar-refractivity contribution in [2.45, 2.75) is 26.1 Å². The Morgan fingerprint density at radius 2 is 2.18 bits per heavy atom. The number of halogens is 1. The molecule has 60 valence electrons. The summed E-state index contributed by atoms with van der Waals surface area (Å²) < 4.78 is 0. The molecule has 0 aliphatic carbocycles. The molecule has 0 bridgehead atoms. The van der Waals surface area contributed by atoms with Crippen LogP contribution in [0.2, 0.25) is 0 Å². The number of aryl methyl sites for hydroxylation is 2. The fourth-order valence-electron chi connectivity index (χ4n) is 1.09. The number of aromatic nitrogens is 1. The summed E-state index contributed by atoms with van der Waals surface area (Å²) in [5.41, 5.74) is 3.53. The molecule has 11 heavy (non-hydrogen) atoms. The van der Waals surface area contributed by atoms with Gasteiger partial charge in [0.25, 0.3) is 0 Å². The average molecular weight is 170 g/mol. The van der Waals surface area contributed by atoms with Crippen LogP contribution in [0.3, 0.4) is 0 Å². The minimum Gasteiger partial charge on any atom is -0.261 e. The van der Waals surface area contributed by atoms with Gasteiger partial charge in [0.05, 0.1) is 0 Å². The van der Waals surface area contributed by atoms with Crippen molar-refractivity contribution < 1.29 is 0 Å². The highest BCUT2D eigenvalue weighted by Crippen LogP contribution is 2.11. The first-order valence-electron chi connectivity index (χ1n) is 3.78. The molecule has 0 aliphatic heterocycles. The summed E-state index contributed by atoms with van der Waals surface area (Å²) >= 11 is 5.72. The summed E-state index contributed by atoms with van der Waals surface area (Å²) in [7, 11) is 0. The van der Waals surface area contributed by atoms with Crippen LogP contribution in [0.25, 0.3) is 0 Å². The quantitative estimate of drug-likeness (QED) is 0.621. The summed E-state index contributed by atoms with van der Waals surface area (Å²) in [6, 6.07) is 2.09. The van der Waals surface area contributed by atoms with Crippen LogP contribution in [-0.2, 0) is 12.3 Å². The van der Waals surface area contributed by atoms with Gasteiger partial charge in [-0.15, -0.1) is 11.6 Å². The Morgan fingerprint density at radius 1 is 1.45 bits per heavy atom. The smallest absolute Gasteiger partial charge is 0.0492 e. The van der Waals surface area contributed by atoms with Crippen molar-refractivity contribution in [1.29, 1.82) is 0 Å². The molecule has 0 aromatic carbocycles. The van der Waals surface area contributed by atoms with Crippen molar-refractivity contribution >= 4 is 11.6 Å². The van der Waals surface area contributed by atoms with Gasteiger partial charge in [0, 0.05) is 17.8 Å². The number of hydrogen-bond donors (Lipinski definition) is 0. The highest BCUT2D eigenvalue weighted by Gasteiger charge is 1.99. The molecule has 0 unspecified atom stereocenters. The molecule has 0 saturated heterocycles. The molecule has 1 heterocycles. The highest BCUT2D eigenvalue weighted by molar-refractivity contribution is 6.17. The van der Waals surface area contributed by atoms with Gasteiger partial charge in [0.15, 0.2) is 0 Å². The Kier molecular flexibility index (Phi) is 2.89. The molecular weight excluding hydrogens is 158 g/mol. The van der Waals surface area contributed by atoms with E-state index in [-0.39, 0.29) is 0 Å². The average Bonchev–Trinajstić information content (AvgIpc) is 2.04. The second-order valence-electron chi connectivity index (χ2n) is 2.58. The van der Waals surface area contributed by atoms with E-state index in [4.69, 9.17) is 11.6 Å². The van der Waals surface area contributed by atoms with Crippen LogP contribution in [0.1, 0.15) is 23.7 Å². The Labute approximate surface area is 72.4 Å². The predicted octanol–water partition coefficient (Wildman–Crippen LogP) is 2.69. The third-order valence-corrected chi connectivity index (χ3v) is 2.03. The zero-order chi connectivity index (χ0) is 8.27. The van der Waals surface area contributed by atoms with Gasteiger partial charge in [-0.2, -0.15) is 0 Å². The lowest BCUT2D eigenvalue weighted by atomic mass is 10.1. The van der Waals surface area contributed by atoms with E-state index in [0.717, 1.165) is 17.7 Å². The molecule has 2 heteroatoms. The van der Waals surface area contributed by atoms with Crippen LogP contribution in [0.5, 0.6) is 0 Å². The van der Waals surface area contributed by atoms with Crippen molar-refractivity contribution in [3.05, 3.63) is 29.1 Å². The van der Waals surface area contributed by atoms with E-state index in [1.807, 2.05) is 13.1 Å². The minimum absolute atomic E-state index is 0.566. The standard InChI is InChI=1S/C9H12ClN/c1-3-8-4-7(2)11-6-9(8)5-10/h4,6H,3,5H2,1-2H3. The molecular formula is C9H12ClN. The maximum atomic E-state index is 5.72. The minimum atomic E-state index is 0.566. The third-order valence-electron chi connectivity index (χ3n) is 1.74. The van der Waals surface area contributed by atoms with E-state index in [2.05, 4.69) is 18.0 Å². The Bertz CT molecular complexity index is 245. The first-order valence-corrected chi connectivity index (χ1v) is 4.31. The van der Waals surface area contributed by atoms with E-state index in [0.29, 0.717) is 5.88 Å². The van der Waals surface area contributed by atoms with Crippen LogP contribution >= 0.6 is 11.6 Å². The van der Waals surface area contributed by atoms with E-state index in [1.165, 1.54) is 5.56 Å². The van der Waals surface area contributed by atoms with E-state index >= 15 is 0 Å². The predicted molar refractivity (Wildman–Crippen MR) is 47.9 cm³/mol. The monoisotopic (exact) mass is 169 g/mol. The topological polar surface area (TPSA) is 12.9 Å². The normalized spacial score (nSPS) is 10.1. The largest absolute Gasteiger partial charge is 0.261 e. The molecule has 1 rings (SSSR count). The number of rotatable bonds is 2. The number of hydrogen-bond acceptors (Lipinski definition) is 1. The Hall–Kier alpha value is -0.560. The summed E-state index contributed by atoms with van der Waals surface area (Å²) in [5, 5.41) is 0. The molecule has 0 radical (unpaired) electrons. The van der Waals surface area contributed by atoms with Crippen molar-refractivity contribution in [3.63, 3.8) is 0 Å². The van der Waals surface area contributed by atoms with E-state index in [1.54, 1.807) is 0 Å². The fraction of sp³-hybridized carbons (Fsp3) is 0.444. The second-order valence-corrected chi connectivity index (χ2v) is 2.85. The molecule has 1 nitrogen and oxygen atoms in total. The van der Waals surface area contributed by atoms with Gasteiger partial charge >= 0.3 is 0 Å². The zero-order valence-electron chi connectivity index (χ0n) is 6.89. The third kappa shape index (κ3) is 1.93. The number of pyridine rings is 1. The lowest BCUT2D eigenvalue weighted by Gasteiger charge is -2.03. The van der Waals surface area contributed by atoms with E-state index < -0.39 is 0 Å². The number of alkyl halides is 1. The molecule has 1 aromatic heterocycles. The molecule has 0 saturated carbocycles. The second kappa shape index (κ2) is 3.72. The Balaban J connectivity index is 3.06. The van der Waals surface area contributed by atoms with Gasteiger partial charge < -0.3 is 0 Å². The first kappa shape index (κ1) is 8.54. The van der Waals surface area contributed by atoms with E-state index in [9.17, 15) is 0 Å². The van der Waals surface area contributed by atoms with Gasteiger partial charge in [-0.1, -0.05) is 6.92 Å². The lowest BCUT2D eigenvalue weighted by molar-refractivity contribution is 1.05. The molecule has 0 N–H and O–H groups in total. The van der Waals surface area contributed by atoms with Crippen LogP contribution in [0.4, 0.5) is 0 Å². The summed E-state index contributed by atoms with van der Waals surface area (Å²) in [5.74, 6) is 0.566. The van der Waals surface area contributed by atoms with Crippen LogP contribution in [0.15, 0.2) is 12.3 Å². The van der Waals surface area contributed by atoms with Gasteiger partial charge in [0.2, 0.25) is 0 Å². The van der Waals surface area contributed by atoms with Crippen LogP contribution < -0.4 is 0 Å². The molecule has 0 aliphatic rings. The van der Waals surface area contributed by atoms with Gasteiger partial charge in [-0.05, 0) is 30.5 Å². The summed E-state index contributed by atoms with van der Waals surface area (Å²) in [4.78, 5) is 4.17. The number of nitrogens with zero attached hydrogens (tertiary/aromatic N) is 1. The fourth-order valence-corrected chi connectivity index (χ4v) is 1.33. The van der Waals surface area contributed by atoms with Crippen molar-refractivity contribution in [2.75, 3.05) is 0 Å². The SMILES string of the molecule is CCc1cc(C)ncc1CCl. The van der Waals surface area contributed by atoms with Gasteiger partial charge in [-0.25, -0.2) is 0 Å². The summed E-state index contributed by atoms with van der Waals surface area (Å²) in [6.45, 7) is 4.13. The maximum absolute atomic E-state index is 5.72.